The number of nitrogens with one attached hydrogen (secondary N) is 2. The zero-order valence-electron chi connectivity index (χ0n) is 11.6. The Hall–Kier alpha value is -2.28. The number of imide groups is 1. The molecule has 0 bridgehead atoms. The third kappa shape index (κ3) is 3.63. The molecule has 1 heterocycles. The summed E-state index contributed by atoms with van der Waals surface area (Å²) in [5.41, 5.74) is 0.0894. The molecule has 3 amide bonds. The Balaban J connectivity index is 1.86. The van der Waals surface area contributed by atoms with E-state index >= 15 is 0 Å². The fourth-order valence-electron chi connectivity index (χ4n) is 2.08. The van der Waals surface area contributed by atoms with Crippen LogP contribution in [0.5, 0.6) is 0 Å². The van der Waals surface area contributed by atoms with Gasteiger partial charge in [-0.25, -0.2) is 4.39 Å². The minimum absolute atomic E-state index is 0.0894. The molecular weight excluding hydrogens is 277 g/mol. The number of amides is 3. The second-order valence-electron chi connectivity index (χ2n) is 4.79. The van der Waals surface area contributed by atoms with E-state index in [-0.39, 0.29) is 30.5 Å². The van der Waals surface area contributed by atoms with Gasteiger partial charge in [-0.1, -0.05) is 12.1 Å². The van der Waals surface area contributed by atoms with E-state index < -0.39 is 17.8 Å². The van der Waals surface area contributed by atoms with Gasteiger partial charge in [-0.15, -0.1) is 0 Å². The maximum Gasteiger partial charge on any atom is 0.246 e. The molecule has 2 N–H and O–H groups in total. The molecule has 1 atom stereocenters. The molecule has 0 aromatic heterocycles. The summed E-state index contributed by atoms with van der Waals surface area (Å²) < 4.78 is 13.4. The monoisotopic (exact) mass is 293 g/mol. The van der Waals surface area contributed by atoms with Gasteiger partial charge in [0, 0.05) is 13.5 Å². The highest BCUT2D eigenvalue weighted by molar-refractivity contribution is 6.00. The molecule has 0 saturated carbocycles. The van der Waals surface area contributed by atoms with E-state index in [0.717, 1.165) is 4.90 Å². The zero-order chi connectivity index (χ0) is 15.4. The molecule has 1 saturated heterocycles. The summed E-state index contributed by atoms with van der Waals surface area (Å²) in [6.07, 6.45) is 0.615. The van der Waals surface area contributed by atoms with Crippen molar-refractivity contribution in [1.82, 2.24) is 10.2 Å². The van der Waals surface area contributed by atoms with E-state index in [0.29, 0.717) is 6.42 Å². The number of nitrogens with zero attached hydrogens (tertiary/aromatic N) is 1. The minimum Gasteiger partial charge on any atom is -0.322 e. The Bertz CT molecular complexity index is 576. The van der Waals surface area contributed by atoms with Crippen LogP contribution in [0.1, 0.15) is 12.8 Å². The number of benzene rings is 1. The average Bonchev–Trinajstić information content (AvgIpc) is 2.46. The molecule has 0 spiro atoms. The largest absolute Gasteiger partial charge is 0.322 e. The molecule has 1 aromatic carbocycles. The highest BCUT2D eigenvalue weighted by atomic mass is 19.1. The minimum atomic E-state index is -0.570. The number of para-hydroxylation sites is 1. The van der Waals surface area contributed by atoms with E-state index in [9.17, 15) is 18.8 Å². The van der Waals surface area contributed by atoms with Gasteiger partial charge in [-0.3, -0.25) is 24.6 Å². The summed E-state index contributed by atoms with van der Waals surface area (Å²) in [6.45, 7) is -0.132. The molecular formula is C14H16FN3O3. The molecule has 1 aliphatic rings. The standard InChI is InChI=1S/C14H16FN3O3/c1-18-13(20)7-6-11(14(18)21)16-8-12(19)17-10-5-3-2-4-9(10)15/h2-5,11,16H,6-8H2,1H3,(H,17,19). The molecule has 1 unspecified atom stereocenters. The molecule has 1 aliphatic heterocycles. The maximum absolute atomic E-state index is 13.4. The lowest BCUT2D eigenvalue weighted by molar-refractivity contribution is -0.148. The quantitative estimate of drug-likeness (QED) is 0.793. The fraction of sp³-hybridized carbons (Fsp3) is 0.357. The first-order chi connectivity index (χ1) is 9.99. The topological polar surface area (TPSA) is 78.5 Å². The van der Waals surface area contributed by atoms with Crippen LogP contribution in [-0.2, 0) is 14.4 Å². The van der Waals surface area contributed by atoms with Crippen LogP contribution < -0.4 is 10.6 Å². The summed E-state index contributed by atoms with van der Waals surface area (Å²) >= 11 is 0. The van der Waals surface area contributed by atoms with Crippen LogP contribution >= 0.6 is 0 Å². The number of carbonyl (C=O) groups excluding carboxylic acids is 3. The molecule has 0 aliphatic carbocycles. The highest BCUT2D eigenvalue weighted by Gasteiger charge is 2.31. The van der Waals surface area contributed by atoms with Gasteiger partial charge in [0.1, 0.15) is 5.82 Å². The van der Waals surface area contributed by atoms with Crippen molar-refractivity contribution < 1.29 is 18.8 Å². The van der Waals surface area contributed by atoms with Gasteiger partial charge in [0.05, 0.1) is 18.3 Å². The third-order valence-corrected chi connectivity index (χ3v) is 3.31. The second-order valence-corrected chi connectivity index (χ2v) is 4.79. The van der Waals surface area contributed by atoms with Crippen molar-refractivity contribution in [1.29, 1.82) is 0 Å². The molecule has 2 rings (SSSR count). The molecule has 1 aromatic rings. The summed E-state index contributed by atoms with van der Waals surface area (Å²) in [5.74, 6) is -1.56. The summed E-state index contributed by atoms with van der Waals surface area (Å²) in [7, 11) is 1.41. The average molecular weight is 293 g/mol. The molecule has 1 fully saturated rings. The van der Waals surface area contributed by atoms with E-state index in [1.165, 1.54) is 25.2 Å². The molecule has 7 heteroatoms. The van der Waals surface area contributed by atoms with Crippen molar-refractivity contribution in [2.24, 2.45) is 0 Å². The van der Waals surface area contributed by atoms with Crippen molar-refractivity contribution >= 4 is 23.4 Å². The lowest BCUT2D eigenvalue weighted by atomic mass is 10.0. The van der Waals surface area contributed by atoms with E-state index in [4.69, 9.17) is 0 Å². The Kier molecular flexibility index (Phi) is 4.64. The Morgan fingerprint density at radius 1 is 1.38 bits per heavy atom. The van der Waals surface area contributed by atoms with E-state index in [1.807, 2.05) is 0 Å². The van der Waals surface area contributed by atoms with Crippen molar-refractivity contribution in [2.45, 2.75) is 18.9 Å². The zero-order valence-corrected chi connectivity index (χ0v) is 11.6. The van der Waals surface area contributed by atoms with Crippen LogP contribution in [0, 0.1) is 5.82 Å². The SMILES string of the molecule is CN1C(=O)CCC(NCC(=O)Nc2ccccc2F)C1=O. The number of halogens is 1. The first-order valence-corrected chi connectivity index (χ1v) is 6.57. The molecule has 0 radical (unpaired) electrons. The first kappa shape index (κ1) is 15.1. The molecule has 6 nitrogen and oxygen atoms in total. The van der Waals surface area contributed by atoms with Crippen LogP contribution in [0.25, 0.3) is 0 Å². The number of hydrogen-bond acceptors (Lipinski definition) is 4. The van der Waals surface area contributed by atoms with Gasteiger partial charge in [0.15, 0.2) is 0 Å². The van der Waals surface area contributed by atoms with E-state index in [1.54, 1.807) is 6.07 Å². The van der Waals surface area contributed by atoms with Gasteiger partial charge in [-0.05, 0) is 18.6 Å². The Labute approximate surface area is 121 Å². The predicted octanol–water partition coefficient (Wildman–Crippen LogP) is 0.501. The normalized spacial score (nSPS) is 18.8. The van der Waals surface area contributed by atoms with Crippen LogP contribution in [0.4, 0.5) is 10.1 Å². The van der Waals surface area contributed by atoms with Crippen molar-refractivity contribution in [2.75, 3.05) is 18.9 Å². The van der Waals surface area contributed by atoms with Gasteiger partial charge in [0.2, 0.25) is 17.7 Å². The fourth-order valence-corrected chi connectivity index (χ4v) is 2.08. The third-order valence-electron chi connectivity index (χ3n) is 3.31. The Morgan fingerprint density at radius 2 is 2.10 bits per heavy atom. The van der Waals surface area contributed by atoms with Gasteiger partial charge in [0.25, 0.3) is 0 Å². The van der Waals surface area contributed by atoms with Crippen molar-refractivity contribution in [3.8, 4) is 0 Å². The van der Waals surface area contributed by atoms with Crippen molar-refractivity contribution in [3.63, 3.8) is 0 Å². The maximum atomic E-state index is 13.4. The van der Waals surface area contributed by atoms with Gasteiger partial charge < -0.3 is 5.32 Å². The molecule has 21 heavy (non-hydrogen) atoms. The number of rotatable bonds is 4. The highest BCUT2D eigenvalue weighted by Crippen LogP contribution is 2.13. The summed E-state index contributed by atoms with van der Waals surface area (Å²) in [6, 6.07) is 5.26. The van der Waals surface area contributed by atoms with Gasteiger partial charge in [-0.2, -0.15) is 0 Å². The predicted molar refractivity (Wildman–Crippen MR) is 73.8 cm³/mol. The number of likely N-dealkylation sites (tertiary alicyclic amines) is 1. The Morgan fingerprint density at radius 3 is 2.81 bits per heavy atom. The van der Waals surface area contributed by atoms with Crippen LogP contribution in [-0.4, -0.2) is 42.3 Å². The molecule has 112 valence electrons. The van der Waals surface area contributed by atoms with Crippen molar-refractivity contribution in [3.05, 3.63) is 30.1 Å². The lowest BCUT2D eigenvalue weighted by Crippen LogP contribution is -2.52. The summed E-state index contributed by atoms with van der Waals surface area (Å²) in [5, 5.41) is 5.20. The van der Waals surface area contributed by atoms with Crippen LogP contribution in [0.15, 0.2) is 24.3 Å². The van der Waals surface area contributed by atoms with Crippen LogP contribution in [0.2, 0.25) is 0 Å². The van der Waals surface area contributed by atoms with E-state index in [2.05, 4.69) is 10.6 Å². The number of anilines is 1. The smallest absolute Gasteiger partial charge is 0.246 e. The summed E-state index contributed by atoms with van der Waals surface area (Å²) in [4.78, 5) is 35.9. The van der Waals surface area contributed by atoms with Gasteiger partial charge >= 0.3 is 0 Å². The lowest BCUT2D eigenvalue weighted by Gasteiger charge is -2.28. The second kappa shape index (κ2) is 6.45. The first-order valence-electron chi connectivity index (χ1n) is 6.57. The number of hydrogen-bond donors (Lipinski definition) is 2. The number of piperidine rings is 1. The number of likely N-dealkylation sites (N-methyl/N-ethyl adjacent to an activating group) is 1. The van der Waals surface area contributed by atoms with Crippen LogP contribution in [0.3, 0.4) is 0 Å². The number of carbonyl (C=O) groups is 3.